The van der Waals surface area contributed by atoms with Crippen LogP contribution in [-0.4, -0.2) is 0 Å². The quantitative estimate of drug-likeness (QED) is 0.427. The van der Waals surface area contributed by atoms with Gasteiger partial charge in [0.1, 0.15) is 0 Å². The Morgan fingerprint density at radius 3 is 1.32 bits per heavy atom. The molecule has 4 saturated carbocycles. The molecular formula is C25H36. The highest BCUT2D eigenvalue weighted by Crippen LogP contribution is 2.68. The lowest BCUT2D eigenvalue weighted by Gasteiger charge is -2.19. The Bertz CT molecular complexity index is 545. The van der Waals surface area contributed by atoms with Crippen molar-refractivity contribution in [1.82, 2.24) is 0 Å². The second-order valence-corrected chi connectivity index (χ2v) is 10.3. The van der Waals surface area contributed by atoms with Gasteiger partial charge in [0.25, 0.3) is 0 Å². The van der Waals surface area contributed by atoms with E-state index in [1.165, 1.54) is 51.4 Å². The van der Waals surface area contributed by atoms with E-state index < -0.39 is 0 Å². The van der Waals surface area contributed by atoms with Crippen molar-refractivity contribution < 1.29 is 0 Å². The SMILES string of the molecule is C1=CC2CCC1C2.C1=CC2CCC1C21CC1.CC1C2C=CC(C2)C1C. The molecule has 0 saturated heterocycles. The highest BCUT2D eigenvalue weighted by Gasteiger charge is 2.58. The Morgan fingerprint density at radius 2 is 1.12 bits per heavy atom. The molecule has 1 spiro atoms. The van der Waals surface area contributed by atoms with Crippen LogP contribution in [0.4, 0.5) is 0 Å². The maximum atomic E-state index is 2.47. The first-order chi connectivity index (χ1) is 12.2. The molecule has 8 atom stereocenters. The Labute approximate surface area is 154 Å². The minimum atomic E-state index is 0.861. The average molecular weight is 337 g/mol. The molecule has 25 heavy (non-hydrogen) atoms. The van der Waals surface area contributed by atoms with Crippen LogP contribution in [-0.2, 0) is 0 Å². The molecule has 6 bridgehead atoms. The molecule has 0 aromatic carbocycles. The van der Waals surface area contributed by atoms with Crippen LogP contribution >= 0.6 is 0 Å². The van der Waals surface area contributed by atoms with Crippen molar-refractivity contribution in [3.63, 3.8) is 0 Å². The molecule has 0 aliphatic heterocycles. The van der Waals surface area contributed by atoms with E-state index in [4.69, 9.17) is 0 Å². The summed E-state index contributed by atoms with van der Waals surface area (Å²) in [7, 11) is 0. The molecular weight excluding hydrogens is 300 g/mol. The van der Waals surface area contributed by atoms with Gasteiger partial charge >= 0.3 is 0 Å². The Hall–Kier alpha value is -0.780. The van der Waals surface area contributed by atoms with E-state index in [1.807, 2.05) is 0 Å². The Morgan fingerprint density at radius 1 is 0.600 bits per heavy atom. The largest absolute Gasteiger partial charge is 0.0851 e. The van der Waals surface area contributed by atoms with Crippen LogP contribution in [0.15, 0.2) is 36.5 Å². The first-order valence-corrected chi connectivity index (χ1v) is 11.2. The van der Waals surface area contributed by atoms with E-state index >= 15 is 0 Å². The van der Waals surface area contributed by atoms with Gasteiger partial charge in [0.2, 0.25) is 0 Å². The number of hydrogen-bond acceptors (Lipinski definition) is 0. The van der Waals surface area contributed by atoms with Gasteiger partial charge in [-0.05, 0) is 104 Å². The van der Waals surface area contributed by atoms with E-state index in [-0.39, 0.29) is 0 Å². The molecule has 7 aliphatic carbocycles. The first kappa shape index (κ1) is 16.4. The summed E-state index contributed by atoms with van der Waals surface area (Å²) in [6.07, 6.45) is 26.5. The van der Waals surface area contributed by atoms with Crippen molar-refractivity contribution in [2.75, 3.05) is 0 Å². The molecule has 0 heteroatoms. The molecule has 0 aromatic rings. The van der Waals surface area contributed by atoms with E-state index in [0.29, 0.717) is 0 Å². The Kier molecular flexibility index (Phi) is 4.03. The van der Waals surface area contributed by atoms with Gasteiger partial charge in [-0.25, -0.2) is 0 Å². The summed E-state index contributed by atoms with van der Waals surface area (Å²) >= 11 is 0. The lowest BCUT2D eigenvalue weighted by atomic mass is 9.86. The third-order valence-corrected chi connectivity index (χ3v) is 9.17. The van der Waals surface area contributed by atoms with Crippen molar-refractivity contribution in [3.05, 3.63) is 36.5 Å². The van der Waals surface area contributed by atoms with Crippen LogP contribution < -0.4 is 0 Å². The summed E-state index contributed by atoms with van der Waals surface area (Å²) in [6.45, 7) is 4.78. The second-order valence-electron chi connectivity index (χ2n) is 10.3. The predicted molar refractivity (Wildman–Crippen MR) is 106 cm³/mol. The van der Waals surface area contributed by atoms with Crippen LogP contribution in [0.2, 0.25) is 0 Å². The van der Waals surface area contributed by atoms with Gasteiger partial charge in [-0.2, -0.15) is 0 Å². The van der Waals surface area contributed by atoms with Crippen molar-refractivity contribution in [3.8, 4) is 0 Å². The summed E-state index contributed by atoms with van der Waals surface area (Å²) in [6, 6.07) is 0. The first-order valence-electron chi connectivity index (χ1n) is 11.2. The van der Waals surface area contributed by atoms with Crippen LogP contribution in [0.3, 0.4) is 0 Å². The van der Waals surface area contributed by atoms with Gasteiger partial charge in [0.15, 0.2) is 0 Å². The van der Waals surface area contributed by atoms with Gasteiger partial charge in [-0.1, -0.05) is 50.3 Å². The minimum Gasteiger partial charge on any atom is -0.0851 e. The zero-order chi connectivity index (χ0) is 17.0. The van der Waals surface area contributed by atoms with Crippen molar-refractivity contribution in [1.29, 1.82) is 0 Å². The predicted octanol–water partition coefficient (Wildman–Crippen LogP) is 6.80. The van der Waals surface area contributed by atoms with Crippen LogP contribution in [0.1, 0.15) is 65.2 Å². The van der Waals surface area contributed by atoms with Gasteiger partial charge < -0.3 is 0 Å². The highest BCUT2D eigenvalue weighted by atomic mass is 14.6. The topological polar surface area (TPSA) is 0 Å². The van der Waals surface area contributed by atoms with E-state index in [1.54, 1.807) is 0 Å². The normalized spacial score (nSPS) is 50.2. The summed E-state index contributed by atoms with van der Waals surface area (Å²) in [5.41, 5.74) is 0.861. The van der Waals surface area contributed by atoms with Crippen molar-refractivity contribution in [2.24, 2.45) is 52.8 Å². The van der Waals surface area contributed by atoms with Gasteiger partial charge in [0.05, 0.1) is 0 Å². The minimum absolute atomic E-state index is 0.861. The molecule has 0 heterocycles. The fourth-order valence-electron chi connectivity index (χ4n) is 6.97. The fraction of sp³-hybridized carbons (Fsp3) is 0.760. The maximum absolute atomic E-state index is 2.47. The monoisotopic (exact) mass is 336 g/mol. The summed E-state index contributed by atoms with van der Waals surface area (Å²) in [5, 5.41) is 0. The third kappa shape index (κ3) is 2.79. The molecule has 0 radical (unpaired) electrons. The lowest BCUT2D eigenvalue weighted by molar-refractivity contribution is 0.364. The molecule has 7 aliphatic rings. The van der Waals surface area contributed by atoms with Crippen LogP contribution in [0.5, 0.6) is 0 Å². The maximum Gasteiger partial charge on any atom is -0.0171 e. The molecule has 8 unspecified atom stereocenters. The molecule has 4 fully saturated rings. The number of allylic oxidation sites excluding steroid dienone is 6. The summed E-state index contributed by atoms with van der Waals surface area (Å²) < 4.78 is 0. The number of fused-ring (bicyclic) bond motifs is 4. The van der Waals surface area contributed by atoms with E-state index in [0.717, 1.165) is 52.8 Å². The summed E-state index contributed by atoms with van der Waals surface area (Å²) in [5.74, 6) is 7.80. The smallest absolute Gasteiger partial charge is 0.0171 e. The fourth-order valence-corrected chi connectivity index (χ4v) is 6.97. The molecule has 0 amide bonds. The molecule has 7 rings (SSSR count). The molecule has 136 valence electrons. The Balaban J connectivity index is 0.0000000849. The summed E-state index contributed by atoms with van der Waals surface area (Å²) in [4.78, 5) is 0. The van der Waals surface area contributed by atoms with Gasteiger partial charge in [0, 0.05) is 0 Å². The van der Waals surface area contributed by atoms with E-state index in [9.17, 15) is 0 Å². The van der Waals surface area contributed by atoms with Gasteiger partial charge in [-0.3, -0.25) is 0 Å². The van der Waals surface area contributed by atoms with Crippen molar-refractivity contribution in [2.45, 2.75) is 65.2 Å². The molecule has 0 N–H and O–H groups in total. The second kappa shape index (κ2) is 6.14. The lowest BCUT2D eigenvalue weighted by Crippen LogP contribution is -2.12. The van der Waals surface area contributed by atoms with Crippen LogP contribution in [0.25, 0.3) is 0 Å². The van der Waals surface area contributed by atoms with Crippen LogP contribution in [0, 0.1) is 52.8 Å². The number of rotatable bonds is 0. The average Bonchev–Trinajstić information content (AvgIpc) is 3.21. The van der Waals surface area contributed by atoms with Crippen molar-refractivity contribution >= 4 is 0 Å². The van der Waals surface area contributed by atoms with Gasteiger partial charge in [-0.15, -0.1) is 0 Å². The zero-order valence-electron chi connectivity index (χ0n) is 16.2. The van der Waals surface area contributed by atoms with E-state index in [2.05, 4.69) is 50.3 Å². The standard InChI is InChI=1S/C9H12.C9H14.C7H10/c1-2-8-4-3-7(1)9(8)5-6-9;1-6-7(2)9-4-3-8(6)5-9;1-2-7-4-3-6(1)5-7/h1-2,7-8H,3-6H2;3-4,6-9H,5H2,1-2H3;1-2,6-7H,3-5H2. The molecule has 0 nitrogen and oxygen atoms in total. The molecule has 0 aromatic heterocycles. The highest BCUT2D eigenvalue weighted by molar-refractivity contribution is 5.23. The zero-order valence-corrected chi connectivity index (χ0v) is 16.2. The third-order valence-electron chi connectivity index (χ3n) is 9.17. The number of hydrogen-bond donors (Lipinski definition) is 0.